The zero-order valence-electron chi connectivity index (χ0n) is 8.89. The quantitative estimate of drug-likeness (QED) is 0.485. The van der Waals surface area contributed by atoms with E-state index in [1.54, 1.807) is 0 Å². The highest BCUT2D eigenvalue weighted by Crippen LogP contribution is 2.35. The summed E-state index contributed by atoms with van der Waals surface area (Å²) in [5, 5.41) is 0. The van der Waals surface area contributed by atoms with Crippen molar-refractivity contribution in [3.8, 4) is 0 Å². The molecule has 0 radical (unpaired) electrons. The molecule has 2 unspecified atom stereocenters. The van der Waals surface area contributed by atoms with Crippen LogP contribution in [0.15, 0.2) is 11.1 Å². The predicted molar refractivity (Wildman–Crippen MR) is 52.3 cm³/mol. The molecule has 2 atom stereocenters. The second kappa shape index (κ2) is 3.95. The fourth-order valence-corrected chi connectivity index (χ4v) is 2.11. The molecule has 74 valence electrons. The molecule has 0 fully saturated rings. The molecular formula is C11H18O2. The van der Waals surface area contributed by atoms with Crippen LogP contribution in [0.2, 0.25) is 0 Å². The van der Waals surface area contributed by atoms with Gasteiger partial charge in [0.25, 0.3) is 0 Å². The van der Waals surface area contributed by atoms with E-state index in [1.807, 2.05) is 0 Å². The first-order chi connectivity index (χ1) is 6.06. The van der Waals surface area contributed by atoms with Crippen molar-refractivity contribution >= 4 is 5.97 Å². The third-order valence-electron chi connectivity index (χ3n) is 2.94. The Labute approximate surface area is 80.0 Å². The summed E-state index contributed by atoms with van der Waals surface area (Å²) in [7, 11) is 0. The number of ether oxygens (including phenoxy) is 1. The van der Waals surface area contributed by atoms with Crippen molar-refractivity contribution in [2.45, 2.75) is 46.6 Å². The van der Waals surface area contributed by atoms with Crippen LogP contribution in [0.4, 0.5) is 0 Å². The van der Waals surface area contributed by atoms with Gasteiger partial charge >= 0.3 is 5.97 Å². The molecule has 13 heavy (non-hydrogen) atoms. The summed E-state index contributed by atoms with van der Waals surface area (Å²) in [5.74, 6) is 0.287. The number of hydrogen-bond donors (Lipinski definition) is 0. The molecule has 1 aliphatic carbocycles. The Balaban J connectivity index is 2.67. The molecule has 0 bridgehead atoms. The Morgan fingerprint density at radius 2 is 2.15 bits per heavy atom. The van der Waals surface area contributed by atoms with Crippen molar-refractivity contribution in [2.75, 3.05) is 0 Å². The fraction of sp³-hybridized carbons (Fsp3) is 0.727. The summed E-state index contributed by atoms with van der Waals surface area (Å²) in [6.45, 7) is 7.90. The van der Waals surface area contributed by atoms with Gasteiger partial charge in [0.1, 0.15) is 6.10 Å². The third-order valence-corrected chi connectivity index (χ3v) is 2.94. The van der Waals surface area contributed by atoms with E-state index in [0.717, 1.165) is 12.8 Å². The van der Waals surface area contributed by atoms with Crippen LogP contribution in [0.3, 0.4) is 0 Å². The number of carbonyl (C=O) groups is 1. The van der Waals surface area contributed by atoms with Crippen LogP contribution in [0.5, 0.6) is 0 Å². The van der Waals surface area contributed by atoms with Crippen molar-refractivity contribution in [2.24, 2.45) is 5.92 Å². The lowest BCUT2D eigenvalue weighted by molar-refractivity contribution is -0.147. The Kier molecular flexibility index (Phi) is 3.12. The maximum absolute atomic E-state index is 10.8. The third kappa shape index (κ3) is 2.11. The molecule has 0 amide bonds. The number of hydrogen-bond acceptors (Lipinski definition) is 2. The van der Waals surface area contributed by atoms with Gasteiger partial charge in [-0.25, -0.2) is 0 Å². The van der Waals surface area contributed by atoms with Crippen LogP contribution in [0.25, 0.3) is 0 Å². The first kappa shape index (κ1) is 10.3. The minimum Gasteiger partial charge on any atom is -0.462 e. The first-order valence-corrected chi connectivity index (χ1v) is 4.89. The molecule has 0 saturated carbocycles. The minimum absolute atomic E-state index is 0.0995. The first-order valence-electron chi connectivity index (χ1n) is 4.89. The molecule has 0 aromatic heterocycles. The van der Waals surface area contributed by atoms with Crippen LogP contribution in [0.1, 0.15) is 40.5 Å². The lowest BCUT2D eigenvalue weighted by Crippen LogP contribution is -2.22. The van der Waals surface area contributed by atoms with E-state index in [1.165, 1.54) is 18.1 Å². The number of esters is 1. The molecule has 0 heterocycles. The van der Waals surface area contributed by atoms with E-state index < -0.39 is 0 Å². The number of rotatable bonds is 2. The van der Waals surface area contributed by atoms with Crippen LogP contribution in [0, 0.1) is 5.92 Å². The molecule has 1 aliphatic rings. The maximum Gasteiger partial charge on any atom is 0.302 e. The van der Waals surface area contributed by atoms with Gasteiger partial charge in [-0.3, -0.25) is 4.79 Å². The average molecular weight is 182 g/mol. The molecule has 0 aromatic carbocycles. The van der Waals surface area contributed by atoms with Crippen LogP contribution in [-0.2, 0) is 9.53 Å². The monoisotopic (exact) mass is 182 g/mol. The zero-order valence-corrected chi connectivity index (χ0v) is 8.89. The normalized spacial score (nSPS) is 28.0. The lowest BCUT2D eigenvalue weighted by Gasteiger charge is -2.19. The molecule has 0 aromatic rings. The smallest absolute Gasteiger partial charge is 0.302 e. The molecular weight excluding hydrogens is 164 g/mol. The second-order valence-corrected chi connectivity index (χ2v) is 3.83. The maximum atomic E-state index is 10.8. The van der Waals surface area contributed by atoms with Crippen molar-refractivity contribution in [3.63, 3.8) is 0 Å². The van der Waals surface area contributed by atoms with Crippen molar-refractivity contribution in [1.82, 2.24) is 0 Å². The van der Waals surface area contributed by atoms with E-state index >= 15 is 0 Å². The SMILES string of the molecule is CCC1C(C)=C(C)CC1OC(C)=O. The summed E-state index contributed by atoms with van der Waals surface area (Å²) in [6.07, 6.45) is 2.08. The topological polar surface area (TPSA) is 26.3 Å². The second-order valence-electron chi connectivity index (χ2n) is 3.83. The van der Waals surface area contributed by atoms with E-state index in [0.29, 0.717) is 5.92 Å². The molecule has 0 saturated heterocycles. The predicted octanol–water partition coefficient (Wildman–Crippen LogP) is 2.68. The Morgan fingerprint density at radius 3 is 2.62 bits per heavy atom. The van der Waals surface area contributed by atoms with Crippen molar-refractivity contribution < 1.29 is 9.53 Å². The summed E-state index contributed by atoms with van der Waals surface area (Å²) >= 11 is 0. The van der Waals surface area contributed by atoms with E-state index in [-0.39, 0.29) is 12.1 Å². The summed E-state index contributed by atoms with van der Waals surface area (Å²) in [5.41, 5.74) is 2.80. The highest BCUT2D eigenvalue weighted by molar-refractivity contribution is 5.66. The summed E-state index contributed by atoms with van der Waals surface area (Å²) in [4.78, 5) is 10.8. The Bertz CT molecular complexity index is 240. The summed E-state index contributed by atoms with van der Waals surface area (Å²) < 4.78 is 5.27. The average Bonchev–Trinajstić information content (AvgIpc) is 2.27. The van der Waals surface area contributed by atoms with E-state index in [4.69, 9.17) is 4.74 Å². The molecule has 0 N–H and O–H groups in total. The molecule has 0 spiro atoms. The number of carbonyl (C=O) groups excluding carboxylic acids is 1. The van der Waals surface area contributed by atoms with Gasteiger partial charge in [0.05, 0.1) is 0 Å². The van der Waals surface area contributed by atoms with Gasteiger partial charge in [-0.15, -0.1) is 0 Å². The lowest BCUT2D eigenvalue weighted by atomic mass is 9.97. The van der Waals surface area contributed by atoms with Gasteiger partial charge < -0.3 is 4.74 Å². The van der Waals surface area contributed by atoms with Gasteiger partial charge in [-0.05, 0) is 20.3 Å². The Hall–Kier alpha value is -0.790. The highest BCUT2D eigenvalue weighted by Gasteiger charge is 2.31. The fourth-order valence-electron chi connectivity index (χ4n) is 2.11. The molecule has 2 nitrogen and oxygen atoms in total. The van der Waals surface area contributed by atoms with E-state index in [9.17, 15) is 4.79 Å². The zero-order chi connectivity index (χ0) is 10.0. The Morgan fingerprint density at radius 1 is 1.54 bits per heavy atom. The van der Waals surface area contributed by atoms with Crippen LogP contribution >= 0.6 is 0 Å². The van der Waals surface area contributed by atoms with Crippen molar-refractivity contribution in [1.29, 1.82) is 0 Å². The van der Waals surface area contributed by atoms with Gasteiger partial charge in [-0.1, -0.05) is 18.1 Å². The van der Waals surface area contributed by atoms with Gasteiger partial charge in [-0.2, -0.15) is 0 Å². The standard InChI is InChI=1S/C11H18O2/c1-5-10-8(3)7(2)6-11(10)13-9(4)12/h10-11H,5-6H2,1-4H3. The molecule has 0 aliphatic heterocycles. The van der Waals surface area contributed by atoms with Crippen LogP contribution < -0.4 is 0 Å². The van der Waals surface area contributed by atoms with Crippen molar-refractivity contribution in [3.05, 3.63) is 11.1 Å². The summed E-state index contributed by atoms with van der Waals surface area (Å²) in [6, 6.07) is 0. The minimum atomic E-state index is -0.161. The van der Waals surface area contributed by atoms with Gasteiger partial charge in [0, 0.05) is 19.3 Å². The molecule has 2 heteroatoms. The van der Waals surface area contributed by atoms with Gasteiger partial charge in [0.15, 0.2) is 0 Å². The van der Waals surface area contributed by atoms with E-state index in [2.05, 4.69) is 20.8 Å². The highest BCUT2D eigenvalue weighted by atomic mass is 16.5. The van der Waals surface area contributed by atoms with Gasteiger partial charge in [0.2, 0.25) is 0 Å². The largest absolute Gasteiger partial charge is 0.462 e. The van der Waals surface area contributed by atoms with Crippen LogP contribution in [-0.4, -0.2) is 12.1 Å². The molecule has 1 rings (SSSR count).